The number of rotatable bonds is 7. The lowest BCUT2D eigenvalue weighted by molar-refractivity contribution is -0.135. The number of benzene rings is 3. The highest BCUT2D eigenvalue weighted by Crippen LogP contribution is 2.17. The Labute approximate surface area is 173 Å². The highest BCUT2D eigenvalue weighted by molar-refractivity contribution is 9.09. The highest BCUT2D eigenvalue weighted by Gasteiger charge is 2.24. The van der Waals surface area contributed by atoms with E-state index in [1.54, 1.807) is 11.9 Å². The normalized spacial score (nSPS) is 11.8. The summed E-state index contributed by atoms with van der Waals surface area (Å²) in [7, 11) is 1.77. The molecule has 5 heteroatoms. The molecule has 0 aliphatic heterocycles. The first-order chi connectivity index (χ1) is 13.6. The van der Waals surface area contributed by atoms with Crippen LogP contribution in [0.15, 0.2) is 72.8 Å². The van der Waals surface area contributed by atoms with Gasteiger partial charge in [-0.2, -0.15) is 0 Å². The van der Waals surface area contributed by atoms with Gasteiger partial charge < -0.3 is 10.2 Å². The maximum Gasteiger partial charge on any atom is 0.245 e. The van der Waals surface area contributed by atoms with Gasteiger partial charge in [0, 0.05) is 20.0 Å². The average molecular weight is 439 g/mol. The predicted molar refractivity (Wildman–Crippen MR) is 116 cm³/mol. The molecular formula is C23H23BrN2O2. The van der Waals surface area contributed by atoms with Crippen LogP contribution in [0.4, 0.5) is 0 Å². The highest BCUT2D eigenvalue weighted by atomic mass is 79.9. The minimum absolute atomic E-state index is 0.105. The SMILES string of the molecule is CN(Cc1ccccc1)C(=O)[C@H](Cc1ccc2ccccc2c1)NC(=O)CBr. The third-order valence-electron chi connectivity index (χ3n) is 4.65. The van der Waals surface area contributed by atoms with Crippen LogP contribution in [0.1, 0.15) is 11.1 Å². The zero-order chi connectivity index (χ0) is 19.9. The van der Waals surface area contributed by atoms with Crippen molar-refractivity contribution < 1.29 is 9.59 Å². The van der Waals surface area contributed by atoms with E-state index >= 15 is 0 Å². The second-order valence-corrected chi connectivity index (χ2v) is 7.38. The van der Waals surface area contributed by atoms with Crippen LogP contribution in [-0.2, 0) is 22.6 Å². The summed E-state index contributed by atoms with van der Waals surface area (Å²) in [6.07, 6.45) is 0.446. The molecule has 1 atom stereocenters. The smallest absolute Gasteiger partial charge is 0.245 e. The number of hydrogen-bond donors (Lipinski definition) is 1. The summed E-state index contributed by atoms with van der Waals surface area (Å²) in [5, 5.41) is 5.29. The molecule has 0 heterocycles. The number of halogens is 1. The second-order valence-electron chi connectivity index (χ2n) is 6.82. The summed E-state index contributed by atoms with van der Waals surface area (Å²) < 4.78 is 0. The van der Waals surface area contributed by atoms with E-state index in [2.05, 4.69) is 33.4 Å². The fourth-order valence-electron chi connectivity index (χ4n) is 3.24. The zero-order valence-corrected chi connectivity index (χ0v) is 17.4. The fraction of sp³-hybridized carbons (Fsp3) is 0.217. The molecular weight excluding hydrogens is 416 g/mol. The summed E-state index contributed by atoms with van der Waals surface area (Å²) in [4.78, 5) is 26.7. The molecule has 0 radical (unpaired) electrons. The van der Waals surface area contributed by atoms with Crippen LogP contribution in [-0.4, -0.2) is 35.1 Å². The maximum absolute atomic E-state index is 13.1. The Morgan fingerprint density at radius 1 is 0.929 bits per heavy atom. The zero-order valence-electron chi connectivity index (χ0n) is 15.8. The van der Waals surface area contributed by atoms with Gasteiger partial charge in [0.15, 0.2) is 0 Å². The second kappa shape index (κ2) is 9.51. The van der Waals surface area contributed by atoms with E-state index in [-0.39, 0.29) is 17.1 Å². The van der Waals surface area contributed by atoms with Crippen LogP contribution in [0.25, 0.3) is 10.8 Å². The summed E-state index contributed by atoms with van der Waals surface area (Å²) in [5.74, 6) is -0.307. The first-order valence-electron chi connectivity index (χ1n) is 9.18. The van der Waals surface area contributed by atoms with Crippen LogP contribution in [0, 0.1) is 0 Å². The molecule has 0 spiro atoms. The molecule has 0 saturated heterocycles. The number of hydrogen-bond acceptors (Lipinski definition) is 2. The van der Waals surface area contributed by atoms with Gasteiger partial charge in [0.1, 0.15) is 6.04 Å². The Bertz CT molecular complexity index is 959. The molecule has 0 aromatic heterocycles. The van der Waals surface area contributed by atoms with Crippen LogP contribution >= 0.6 is 15.9 Å². The molecule has 0 aliphatic rings. The molecule has 1 N–H and O–H groups in total. The first kappa shape index (κ1) is 20.1. The molecule has 3 rings (SSSR count). The number of amides is 2. The van der Waals surface area contributed by atoms with Crippen molar-refractivity contribution in [2.75, 3.05) is 12.4 Å². The van der Waals surface area contributed by atoms with E-state index in [1.165, 1.54) is 0 Å². The van der Waals surface area contributed by atoms with E-state index in [0.29, 0.717) is 13.0 Å². The number of carbonyl (C=O) groups is 2. The van der Waals surface area contributed by atoms with Crippen molar-refractivity contribution in [3.05, 3.63) is 83.9 Å². The van der Waals surface area contributed by atoms with E-state index in [4.69, 9.17) is 0 Å². The lowest BCUT2D eigenvalue weighted by atomic mass is 10.0. The van der Waals surface area contributed by atoms with E-state index in [0.717, 1.165) is 21.9 Å². The van der Waals surface area contributed by atoms with Crippen molar-refractivity contribution in [3.63, 3.8) is 0 Å². The topological polar surface area (TPSA) is 49.4 Å². The summed E-state index contributed by atoms with van der Waals surface area (Å²) in [6.45, 7) is 0.498. The van der Waals surface area contributed by atoms with Crippen LogP contribution in [0.5, 0.6) is 0 Å². The van der Waals surface area contributed by atoms with Gasteiger partial charge in [-0.3, -0.25) is 9.59 Å². The Balaban J connectivity index is 1.78. The fourth-order valence-corrected chi connectivity index (χ4v) is 3.40. The van der Waals surface area contributed by atoms with Crippen molar-refractivity contribution in [3.8, 4) is 0 Å². The van der Waals surface area contributed by atoms with Crippen molar-refractivity contribution in [2.24, 2.45) is 0 Å². The van der Waals surface area contributed by atoms with Crippen molar-refractivity contribution in [2.45, 2.75) is 19.0 Å². The standard InChI is InChI=1S/C23H23BrN2O2/c1-26(16-17-7-3-2-4-8-17)23(28)21(25-22(27)15-24)14-18-11-12-19-9-5-6-10-20(19)13-18/h2-13,21H,14-16H2,1H3,(H,25,27)/t21-/m0/s1. The summed E-state index contributed by atoms with van der Waals surface area (Å²) >= 11 is 3.16. The van der Waals surface area contributed by atoms with Crippen LogP contribution < -0.4 is 5.32 Å². The van der Waals surface area contributed by atoms with Crippen molar-refractivity contribution >= 4 is 38.5 Å². The molecule has 0 unspecified atom stereocenters. The lowest BCUT2D eigenvalue weighted by Crippen LogP contribution is -2.48. The quantitative estimate of drug-likeness (QED) is 0.568. The van der Waals surface area contributed by atoms with Gasteiger partial charge >= 0.3 is 0 Å². The van der Waals surface area contributed by atoms with Gasteiger partial charge in [-0.05, 0) is 21.9 Å². The van der Waals surface area contributed by atoms with Gasteiger partial charge in [-0.25, -0.2) is 0 Å². The number of fused-ring (bicyclic) bond motifs is 1. The lowest BCUT2D eigenvalue weighted by Gasteiger charge is -2.25. The minimum atomic E-state index is -0.611. The Hall–Kier alpha value is -2.66. The number of carbonyl (C=O) groups excluding carboxylic acids is 2. The van der Waals surface area contributed by atoms with Gasteiger partial charge in [-0.15, -0.1) is 0 Å². The molecule has 0 aliphatic carbocycles. The van der Waals surface area contributed by atoms with Gasteiger partial charge in [0.05, 0.1) is 5.33 Å². The van der Waals surface area contributed by atoms with E-state index < -0.39 is 6.04 Å². The maximum atomic E-state index is 13.1. The molecule has 144 valence electrons. The largest absolute Gasteiger partial charge is 0.343 e. The number of nitrogens with one attached hydrogen (secondary N) is 1. The molecule has 3 aromatic rings. The minimum Gasteiger partial charge on any atom is -0.343 e. The summed E-state index contributed by atoms with van der Waals surface area (Å²) in [5.41, 5.74) is 2.06. The number of alkyl halides is 1. The van der Waals surface area contributed by atoms with Crippen LogP contribution in [0.3, 0.4) is 0 Å². The molecule has 0 saturated carbocycles. The third-order valence-corrected chi connectivity index (χ3v) is 5.16. The Morgan fingerprint density at radius 3 is 2.32 bits per heavy atom. The number of nitrogens with zero attached hydrogens (tertiary/aromatic N) is 1. The molecule has 2 amide bonds. The van der Waals surface area contributed by atoms with Crippen LogP contribution in [0.2, 0.25) is 0 Å². The van der Waals surface area contributed by atoms with Crippen molar-refractivity contribution in [1.82, 2.24) is 10.2 Å². The Kier molecular flexibility index (Phi) is 6.82. The Morgan fingerprint density at radius 2 is 1.61 bits per heavy atom. The molecule has 0 bridgehead atoms. The van der Waals surface area contributed by atoms with E-state index in [9.17, 15) is 9.59 Å². The number of likely N-dealkylation sites (N-methyl/N-ethyl adjacent to an activating group) is 1. The molecule has 0 fully saturated rings. The first-order valence-corrected chi connectivity index (χ1v) is 10.3. The molecule has 28 heavy (non-hydrogen) atoms. The van der Waals surface area contributed by atoms with E-state index in [1.807, 2.05) is 60.7 Å². The van der Waals surface area contributed by atoms with Crippen molar-refractivity contribution in [1.29, 1.82) is 0 Å². The molecule has 3 aromatic carbocycles. The third kappa shape index (κ3) is 5.20. The summed E-state index contributed by atoms with van der Waals surface area (Å²) in [6, 6.07) is 23.5. The molecule has 4 nitrogen and oxygen atoms in total. The predicted octanol–water partition coefficient (Wildman–Crippen LogP) is 3.92. The average Bonchev–Trinajstić information content (AvgIpc) is 2.73. The monoisotopic (exact) mass is 438 g/mol. The van der Waals surface area contributed by atoms with Gasteiger partial charge in [0.2, 0.25) is 11.8 Å². The van der Waals surface area contributed by atoms with Gasteiger partial charge in [0.25, 0.3) is 0 Å². The van der Waals surface area contributed by atoms with Gasteiger partial charge in [-0.1, -0.05) is 88.7 Å².